The van der Waals surface area contributed by atoms with Crippen molar-refractivity contribution in [3.63, 3.8) is 0 Å². The Morgan fingerprint density at radius 1 is 1.13 bits per heavy atom. The summed E-state index contributed by atoms with van der Waals surface area (Å²) in [5, 5.41) is 14.3. The molecule has 23 heavy (non-hydrogen) atoms. The van der Waals surface area contributed by atoms with Gasteiger partial charge in [0.15, 0.2) is 5.82 Å². The van der Waals surface area contributed by atoms with Gasteiger partial charge in [0.2, 0.25) is 0 Å². The molecular formula is C17H20N4O2. The first-order valence-corrected chi connectivity index (χ1v) is 7.89. The zero-order valence-corrected chi connectivity index (χ0v) is 12.9. The zero-order chi connectivity index (χ0) is 16.1. The van der Waals surface area contributed by atoms with Crippen molar-refractivity contribution in [2.75, 3.05) is 10.4 Å². The van der Waals surface area contributed by atoms with Crippen molar-refractivity contribution in [1.29, 1.82) is 0 Å². The summed E-state index contributed by atoms with van der Waals surface area (Å²) in [7, 11) is 0. The van der Waals surface area contributed by atoms with Crippen LogP contribution in [-0.4, -0.2) is 27.1 Å². The molecule has 0 bridgehead atoms. The van der Waals surface area contributed by atoms with Crippen LogP contribution in [0.4, 0.5) is 11.5 Å². The molecule has 0 unspecified atom stereocenters. The molecular weight excluding hydrogens is 292 g/mol. The second-order valence-electron chi connectivity index (χ2n) is 5.73. The van der Waals surface area contributed by atoms with E-state index in [2.05, 4.69) is 15.3 Å². The molecule has 6 heteroatoms. The van der Waals surface area contributed by atoms with Crippen LogP contribution in [0.2, 0.25) is 0 Å². The molecule has 2 N–H and O–H groups in total. The number of nitrogens with zero attached hydrogens (tertiary/aromatic N) is 3. The number of rotatable bonds is 4. The molecule has 3 rings (SSSR count). The van der Waals surface area contributed by atoms with Crippen molar-refractivity contribution in [1.82, 2.24) is 9.97 Å². The van der Waals surface area contributed by atoms with Gasteiger partial charge in [-0.1, -0.05) is 19.3 Å². The second-order valence-corrected chi connectivity index (χ2v) is 5.73. The van der Waals surface area contributed by atoms with Gasteiger partial charge in [0.25, 0.3) is 5.91 Å². The molecule has 1 aliphatic rings. The van der Waals surface area contributed by atoms with Crippen molar-refractivity contribution < 1.29 is 10.0 Å². The molecule has 120 valence electrons. The Morgan fingerprint density at radius 2 is 1.87 bits per heavy atom. The van der Waals surface area contributed by atoms with E-state index in [9.17, 15) is 10.0 Å². The normalized spacial score (nSPS) is 15.2. The Bertz CT molecular complexity index is 639. The van der Waals surface area contributed by atoms with Gasteiger partial charge in [-0.3, -0.25) is 20.0 Å². The highest BCUT2D eigenvalue weighted by Gasteiger charge is 2.20. The van der Waals surface area contributed by atoms with Crippen LogP contribution >= 0.6 is 0 Å². The third-order valence-electron chi connectivity index (χ3n) is 4.12. The smallest absolute Gasteiger partial charge is 0.256 e. The average Bonchev–Trinajstić information content (AvgIpc) is 2.63. The van der Waals surface area contributed by atoms with Gasteiger partial charge in [-0.15, -0.1) is 0 Å². The lowest BCUT2D eigenvalue weighted by Crippen LogP contribution is -2.33. The van der Waals surface area contributed by atoms with Crippen LogP contribution in [0.15, 0.2) is 42.9 Å². The molecule has 0 spiro atoms. The number of carbonyl (C=O) groups is 1. The van der Waals surface area contributed by atoms with Crippen molar-refractivity contribution in [3.8, 4) is 0 Å². The lowest BCUT2D eigenvalue weighted by atomic mass is 9.95. The standard InChI is InChI=1S/C17H20N4O2/c22-17(20-16-12-18-10-11-19-16)13-6-8-15(9-7-13)21(23)14-4-2-1-3-5-14/h6-12,14,23H,1-5H2,(H,19,20,22). The topological polar surface area (TPSA) is 78.4 Å². The summed E-state index contributed by atoms with van der Waals surface area (Å²) >= 11 is 0. The number of anilines is 2. The third-order valence-corrected chi connectivity index (χ3v) is 4.12. The summed E-state index contributed by atoms with van der Waals surface area (Å²) in [4.78, 5) is 20.1. The molecule has 1 aromatic heterocycles. The molecule has 2 aromatic rings. The van der Waals surface area contributed by atoms with Crippen LogP contribution in [0.25, 0.3) is 0 Å². The van der Waals surface area contributed by atoms with E-state index in [0.29, 0.717) is 17.1 Å². The summed E-state index contributed by atoms with van der Waals surface area (Å²) < 4.78 is 0. The van der Waals surface area contributed by atoms with Gasteiger partial charge < -0.3 is 5.32 Å². The maximum atomic E-state index is 12.1. The molecule has 1 aromatic carbocycles. The van der Waals surface area contributed by atoms with Gasteiger partial charge in [0.1, 0.15) is 0 Å². The summed E-state index contributed by atoms with van der Waals surface area (Å²) in [6.07, 6.45) is 10.1. The number of hydrogen-bond donors (Lipinski definition) is 2. The van der Waals surface area contributed by atoms with Gasteiger partial charge in [-0.05, 0) is 37.1 Å². The summed E-state index contributed by atoms with van der Waals surface area (Å²) in [5.41, 5.74) is 1.23. The Kier molecular flexibility index (Phi) is 4.83. The number of amides is 1. The summed E-state index contributed by atoms with van der Waals surface area (Å²) in [6, 6.07) is 7.10. The van der Waals surface area contributed by atoms with Gasteiger partial charge >= 0.3 is 0 Å². The Labute approximate surface area is 135 Å². The number of hydroxylamine groups is 1. The molecule has 1 aliphatic carbocycles. The van der Waals surface area contributed by atoms with Crippen molar-refractivity contribution in [2.24, 2.45) is 0 Å². The van der Waals surface area contributed by atoms with E-state index in [0.717, 1.165) is 25.7 Å². The van der Waals surface area contributed by atoms with E-state index in [1.807, 2.05) is 0 Å². The Morgan fingerprint density at radius 3 is 2.52 bits per heavy atom. The Hall–Kier alpha value is -2.47. The first-order valence-electron chi connectivity index (χ1n) is 7.89. The van der Waals surface area contributed by atoms with Crippen molar-refractivity contribution in [2.45, 2.75) is 38.1 Å². The van der Waals surface area contributed by atoms with Gasteiger partial charge in [0.05, 0.1) is 17.9 Å². The predicted octanol–water partition coefficient (Wildman–Crippen LogP) is 3.26. The van der Waals surface area contributed by atoms with Crippen LogP contribution in [0.5, 0.6) is 0 Å². The van der Waals surface area contributed by atoms with Gasteiger partial charge in [-0.25, -0.2) is 4.98 Å². The summed E-state index contributed by atoms with van der Waals surface area (Å²) in [6.45, 7) is 0. The molecule has 0 radical (unpaired) electrons. The maximum Gasteiger partial charge on any atom is 0.256 e. The second kappa shape index (κ2) is 7.19. The van der Waals surface area contributed by atoms with E-state index in [1.165, 1.54) is 23.9 Å². The monoisotopic (exact) mass is 312 g/mol. The largest absolute Gasteiger partial charge is 0.305 e. The van der Waals surface area contributed by atoms with Gasteiger partial charge in [0, 0.05) is 18.0 Å². The lowest BCUT2D eigenvalue weighted by Gasteiger charge is -2.30. The number of benzene rings is 1. The van der Waals surface area contributed by atoms with Crippen LogP contribution in [0, 0.1) is 0 Å². The molecule has 0 aliphatic heterocycles. The van der Waals surface area contributed by atoms with Crippen LogP contribution in [0.1, 0.15) is 42.5 Å². The summed E-state index contributed by atoms with van der Waals surface area (Å²) in [5.74, 6) is 0.159. The van der Waals surface area contributed by atoms with Crippen molar-refractivity contribution >= 4 is 17.4 Å². The molecule has 0 saturated heterocycles. The highest BCUT2D eigenvalue weighted by molar-refractivity contribution is 6.03. The molecule has 0 atom stereocenters. The van der Waals surface area contributed by atoms with Crippen molar-refractivity contribution in [3.05, 3.63) is 48.4 Å². The van der Waals surface area contributed by atoms with E-state index in [4.69, 9.17) is 0 Å². The molecule has 1 fully saturated rings. The first-order chi connectivity index (χ1) is 11.2. The fourth-order valence-electron chi connectivity index (χ4n) is 2.85. The van der Waals surface area contributed by atoms with E-state index in [-0.39, 0.29) is 11.9 Å². The number of nitrogens with one attached hydrogen (secondary N) is 1. The van der Waals surface area contributed by atoms with Crippen LogP contribution in [-0.2, 0) is 0 Å². The fraction of sp³-hybridized carbons (Fsp3) is 0.353. The SMILES string of the molecule is O=C(Nc1cnccn1)c1ccc(N(O)C2CCCCC2)cc1. The minimum atomic E-state index is -0.251. The molecule has 1 saturated carbocycles. The molecule has 6 nitrogen and oxygen atoms in total. The number of carbonyl (C=O) groups excluding carboxylic acids is 1. The molecule has 1 heterocycles. The minimum Gasteiger partial charge on any atom is -0.305 e. The van der Waals surface area contributed by atoms with Gasteiger partial charge in [-0.2, -0.15) is 0 Å². The minimum absolute atomic E-state index is 0.169. The number of aromatic nitrogens is 2. The van der Waals surface area contributed by atoms with Crippen LogP contribution < -0.4 is 10.4 Å². The maximum absolute atomic E-state index is 12.1. The quantitative estimate of drug-likeness (QED) is 0.847. The first kappa shape index (κ1) is 15.4. The Balaban J connectivity index is 1.65. The predicted molar refractivity (Wildman–Crippen MR) is 87.6 cm³/mol. The van der Waals surface area contributed by atoms with E-state index >= 15 is 0 Å². The number of hydrogen-bond acceptors (Lipinski definition) is 5. The highest BCUT2D eigenvalue weighted by Crippen LogP contribution is 2.26. The van der Waals surface area contributed by atoms with Crippen LogP contribution in [0.3, 0.4) is 0 Å². The molecule has 1 amide bonds. The fourth-order valence-corrected chi connectivity index (χ4v) is 2.85. The average molecular weight is 312 g/mol. The van der Waals surface area contributed by atoms with E-state index in [1.54, 1.807) is 30.5 Å². The third kappa shape index (κ3) is 3.84. The van der Waals surface area contributed by atoms with E-state index < -0.39 is 0 Å². The zero-order valence-electron chi connectivity index (χ0n) is 12.9. The highest BCUT2D eigenvalue weighted by atomic mass is 16.5. The lowest BCUT2D eigenvalue weighted by molar-refractivity contribution is 0.102.